The molecule has 2 rings (SSSR count). The first-order valence-electron chi connectivity index (χ1n) is 5.70. The first-order chi connectivity index (χ1) is 7.27. The van der Waals surface area contributed by atoms with E-state index in [4.69, 9.17) is 4.74 Å². The number of para-hydroxylation sites is 1. The van der Waals surface area contributed by atoms with Gasteiger partial charge in [-0.15, -0.1) is 0 Å². The molecule has 1 saturated heterocycles. The average Bonchev–Trinajstić information content (AvgIpc) is 2.71. The number of rotatable bonds is 3. The third kappa shape index (κ3) is 2.51. The van der Waals surface area contributed by atoms with Crippen LogP contribution < -0.4 is 5.32 Å². The van der Waals surface area contributed by atoms with E-state index < -0.39 is 0 Å². The van der Waals surface area contributed by atoms with Crippen LogP contribution in [0.25, 0.3) is 0 Å². The van der Waals surface area contributed by atoms with E-state index in [1.807, 2.05) is 0 Å². The Morgan fingerprint density at radius 1 is 1.33 bits per heavy atom. The van der Waals surface area contributed by atoms with Crippen molar-refractivity contribution in [2.75, 3.05) is 18.5 Å². The number of hydrogen-bond donors (Lipinski definition) is 1. The van der Waals surface area contributed by atoms with Crippen LogP contribution >= 0.6 is 0 Å². The Balaban J connectivity index is 2.12. The summed E-state index contributed by atoms with van der Waals surface area (Å²) in [5.41, 5.74) is 2.66. The Hall–Kier alpha value is -1.02. The van der Waals surface area contributed by atoms with E-state index >= 15 is 0 Å². The van der Waals surface area contributed by atoms with Gasteiger partial charge in [-0.1, -0.05) is 32.0 Å². The zero-order valence-electron chi connectivity index (χ0n) is 9.49. The van der Waals surface area contributed by atoms with Crippen molar-refractivity contribution < 1.29 is 4.74 Å². The van der Waals surface area contributed by atoms with E-state index in [9.17, 15) is 0 Å². The zero-order chi connectivity index (χ0) is 10.7. The Morgan fingerprint density at radius 2 is 2.13 bits per heavy atom. The topological polar surface area (TPSA) is 21.3 Å². The largest absolute Gasteiger partial charge is 0.380 e. The highest BCUT2D eigenvalue weighted by atomic mass is 16.5. The summed E-state index contributed by atoms with van der Waals surface area (Å²) in [6, 6.07) is 9.04. The third-order valence-corrected chi connectivity index (χ3v) is 2.87. The highest BCUT2D eigenvalue weighted by molar-refractivity contribution is 5.53. The first-order valence-corrected chi connectivity index (χ1v) is 5.70. The average molecular weight is 205 g/mol. The van der Waals surface area contributed by atoms with Crippen LogP contribution in [0.4, 0.5) is 5.69 Å². The molecule has 0 aliphatic carbocycles. The highest BCUT2D eigenvalue weighted by Crippen LogP contribution is 2.25. The van der Waals surface area contributed by atoms with Gasteiger partial charge in [-0.3, -0.25) is 0 Å². The minimum Gasteiger partial charge on any atom is -0.380 e. The van der Waals surface area contributed by atoms with Crippen LogP contribution in [-0.2, 0) is 4.74 Å². The van der Waals surface area contributed by atoms with Crippen LogP contribution in [0.5, 0.6) is 0 Å². The van der Waals surface area contributed by atoms with Crippen molar-refractivity contribution in [1.29, 1.82) is 0 Å². The van der Waals surface area contributed by atoms with Gasteiger partial charge < -0.3 is 10.1 Å². The number of hydrogen-bond acceptors (Lipinski definition) is 2. The Labute approximate surface area is 91.6 Å². The summed E-state index contributed by atoms with van der Waals surface area (Å²) in [6.07, 6.45) is 1.12. The number of benzene rings is 1. The molecule has 2 heteroatoms. The van der Waals surface area contributed by atoms with Gasteiger partial charge in [0.05, 0.1) is 12.6 Å². The standard InChI is InChI=1S/C13H19NO/c1-10(2)12-5-3-4-6-13(12)14-11-7-8-15-9-11/h3-6,10-11,14H,7-9H2,1-2H3/t11-/m0/s1. The summed E-state index contributed by atoms with van der Waals surface area (Å²) in [4.78, 5) is 0. The van der Waals surface area contributed by atoms with Gasteiger partial charge in [0.25, 0.3) is 0 Å². The van der Waals surface area contributed by atoms with E-state index in [-0.39, 0.29) is 0 Å². The second-order valence-electron chi connectivity index (χ2n) is 4.45. The highest BCUT2D eigenvalue weighted by Gasteiger charge is 2.16. The first kappa shape index (κ1) is 10.5. The molecule has 1 atom stereocenters. The number of anilines is 1. The molecule has 1 aromatic carbocycles. The summed E-state index contributed by atoms with van der Waals surface area (Å²) < 4.78 is 5.37. The molecule has 0 unspecified atom stereocenters. The fourth-order valence-corrected chi connectivity index (χ4v) is 2.00. The fraction of sp³-hybridized carbons (Fsp3) is 0.538. The normalized spacial score (nSPS) is 20.9. The monoisotopic (exact) mass is 205 g/mol. The number of nitrogens with one attached hydrogen (secondary N) is 1. The van der Waals surface area contributed by atoms with Gasteiger partial charge in [-0.25, -0.2) is 0 Å². The molecule has 0 bridgehead atoms. The van der Waals surface area contributed by atoms with Crippen molar-refractivity contribution in [2.24, 2.45) is 0 Å². The van der Waals surface area contributed by atoms with Gasteiger partial charge in [-0.2, -0.15) is 0 Å². The van der Waals surface area contributed by atoms with E-state index in [2.05, 4.69) is 43.4 Å². The zero-order valence-corrected chi connectivity index (χ0v) is 9.49. The maximum absolute atomic E-state index is 5.37. The van der Waals surface area contributed by atoms with Crippen molar-refractivity contribution >= 4 is 5.69 Å². The van der Waals surface area contributed by atoms with E-state index in [1.165, 1.54) is 11.3 Å². The Bertz CT molecular complexity index is 316. The smallest absolute Gasteiger partial charge is 0.0668 e. The van der Waals surface area contributed by atoms with Crippen LogP contribution in [0.15, 0.2) is 24.3 Å². The van der Waals surface area contributed by atoms with Gasteiger partial charge in [0.1, 0.15) is 0 Å². The minimum atomic E-state index is 0.491. The van der Waals surface area contributed by atoms with E-state index in [0.717, 1.165) is 19.6 Å². The summed E-state index contributed by atoms with van der Waals surface area (Å²) in [5, 5.41) is 3.57. The lowest BCUT2D eigenvalue weighted by atomic mass is 10.0. The third-order valence-electron chi connectivity index (χ3n) is 2.87. The summed E-state index contributed by atoms with van der Waals surface area (Å²) in [5.74, 6) is 0.566. The van der Waals surface area contributed by atoms with Gasteiger partial charge in [0.15, 0.2) is 0 Å². The molecule has 1 aromatic rings. The second-order valence-corrected chi connectivity index (χ2v) is 4.45. The molecular weight excluding hydrogens is 186 g/mol. The molecule has 1 N–H and O–H groups in total. The van der Waals surface area contributed by atoms with Crippen LogP contribution in [0.3, 0.4) is 0 Å². The van der Waals surface area contributed by atoms with Crippen molar-refractivity contribution in [2.45, 2.75) is 32.2 Å². The van der Waals surface area contributed by atoms with Gasteiger partial charge >= 0.3 is 0 Å². The van der Waals surface area contributed by atoms with Crippen LogP contribution in [0.1, 0.15) is 31.7 Å². The van der Waals surface area contributed by atoms with Crippen LogP contribution in [-0.4, -0.2) is 19.3 Å². The molecule has 0 spiro atoms. The molecule has 82 valence electrons. The Kier molecular flexibility index (Phi) is 3.27. The molecule has 0 amide bonds. The molecule has 1 heterocycles. The maximum atomic E-state index is 5.37. The predicted octanol–water partition coefficient (Wildman–Crippen LogP) is 3.01. The molecular formula is C13H19NO. The molecule has 2 nitrogen and oxygen atoms in total. The van der Waals surface area contributed by atoms with E-state index in [1.54, 1.807) is 0 Å². The van der Waals surface area contributed by atoms with Crippen molar-refractivity contribution in [1.82, 2.24) is 0 Å². The van der Waals surface area contributed by atoms with Gasteiger partial charge in [-0.05, 0) is 24.0 Å². The van der Waals surface area contributed by atoms with Crippen molar-refractivity contribution in [3.05, 3.63) is 29.8 Å². The van der Waals surface area contributed by atoms with Crippen LogP contribution in [0, 0.1) is 0 Å². The lowest BCUT2D eigenvalue weighted by molar-refractivity contribution is 0.195. The molecule has 1 aliphatic rings. The van der Waals surface area contributed by atoms with Crippen LogP contribution in [0.2, 0.25) is 0 Å². The minimum absolute atomic E-state index is 0.491. The quantitative estimate of drug-likeness (QED) is 0.819. The fourth-order valence-electron chi connectivity index (χ4n) is 2.00. The lowest BCUT2D eigenvalue weighted by Crippen LogP contribution is -2.19. The van der Waals surface area contributed by atoms with Gasteiger partial charge in [0, 0.05) is 12.3 Å². The van der Waals surface area contributed by atoms with Gasteiger partial charge in [0.2, 0.25) is 0 Å². The SMILES string of the molecule is CC(C)c1ccccc1N[C@H]1CCOC1. The van der Waals surface area contributed by atoms with Crippen molar-refractivity contribution in [3.8, 4) is 0 Å². The van der Waals surface area contributed by atoms with Crippen molar-refractivity contribution in [3.63, 3.8) is 0 Å². The molecule has 0 saturated carbocycles. The molecule has 15 heavy (non-hydrogen) atoms. The molecule has 0 radical (unpaired) electrons. The molecule has 1 aliphatic heterocycles. The lowest BCUT2D eigenvalue weighted by Gasteiger charge is -2.17. The van der Waals surface area contributed by atoms with E-state index in [0.29, 0.717) is 12.0 Å². The molecule has 1 fully saturated rings. The summed E-state index contributed by atoms with van der Waals surface area (Å²) in [7, 11) is 0. The maximum Gasteiger partial charge on any atom is 0.0668 e. The second kappa shape index (κ2) is 4.67. The molecule has 0 aromatic heterocycles. The Morgan fingerprint density at radius 3 is 2.80 bits per heavy atom. The predicted molar refractivity (Wildman–Crippen MR) is 63.4 cm³/mol. The number of ether oxygens (including phenoxy) is 1. The summed E-state index contributed by atoms with van der Waals surface area (Å²) >= 11 is 0. The summed E-state index contributed by atoms with van der Waals surface area (Å²) in [6.45, 7) is 6.19.